The number of aromatic nitrogens is 4. The number of sulfonamides is 1. The highest BCUT2D eigenvalue weighted by Gasteiger charge is 2.31. The van der Waals surface area contributed by atoms with Gasteiger partial charge in [-0.3, -0.25) is 9.59 Å². The average Bonchev–Trinajstić information content (AvgIpc) is 3.84. The predicted octanol–water partition coefficient (Wildman–Crippen LogP) is 2.48. The lowest BCUT2D eigenvalue weighted by atomic mass is 10.0. The minimum Gasteiger partial charge on any atom is -0.496 e. The highest BCUT2D eigenvalue weighted by molar-refractivity contribution is 7.89. The number of halogens is 2. The summed E-state index contributed by atoms with van der Waals surface area (Å²) in [5, 5.41) is 9.42. The Bertz CT molecular complexity index is 2090. The van der Waals surface area contributed by atoms with Gasteiger partial charge >= 0.3 is 0 Å². The molecule has 0 unspecified atom stereocenters. The van der Waals surface area contributed by atoms with Gasteiger partial charge in [0.15, 0.2) is 0 Å². The molecular weight excluding hydrogens is 715 g/mol. The molecule has 4 heterocycles. The monoisotopic (exact) mass is 754 g/mol. The standard InChI is InChI=1S/C18H22FN5O4S.C16H18FN5O2/c1-3-29(26,27)24-7-6-12(10-24)22-18-21-9-14(17(20)23-18)16(25)13-8-11(19)4-5-15(13)28-2;1-24-13-3-2-9(17)6-11(13)14(23)12-8-20-16(22-15(12)18)21-10-4-5-19-7-10/h4-5,8-9,12H,3,6-7,10H2,1-2H3,(H3,20,21,22,23);2-3,6,8,10,19H,4-5,7H2,1H3,(H3,18,20,21,22)/t12-;10-/m11/s1. The van der Waals surface area contributed by atoms with Crippen LogP contribution >= 0.6 is 0 Å². The molecular formula is C34H40F2N10O6S. The van der Waals surface area contributed by atoms with Crippen LogP contribution in [0.25, 0.3) is 0 Å². The molecule has 16 nitrogen and oxygen atoms in total. The lowest BCUT2D eigenvalue weighted by Gasteiger charge is -2.16. The van der Waals surface area contributed by atoms with E-state index in [1.807, 2.05) is 0 Å². The molecule has 4 aromatic rings. The maximum absolute atomic E-state index is 13.6. The van der Waals surface area contributed by atoms with Gasteiger partial charge < -0.3 is 36.9 Å². The number of rotatable bonds is 12. The summed E-state index contributed by atoms with van der Waals surface area (Å²) in [5.74, 6) is -1.14. The molecule has 0 spiro atoms. The zero-order valence-corrected chi connectivity index (χ0v) is 30.0. The van der Waals surface area contributed by atoms with Crippen molar-refractivity contribution >= 4 is 45.1 Å². The normalized spacial score (nSPS) is 17.1. The Balaban J connectivity index is 0.000000208. The molecule has 282 valence electrons. The largest absolute Gasteiger partial charge is 0.496 e. The van der Waals surface area contributed by atoms with Gasteiger partial charge in [-0.1, -0.05) is 0 Å². The number of hydrogen-bond acceptors (Lipinski definition) is 15. The van der Waals surface area contributed by atoms with Crippen molar-refractivity contribution in [1.29, 1.82) is 0 Å². The summed E-state index contributed by atoms with van der Waals surface area (Å²) in [6.45, 7) is 4.08. The first-order valence-corrected chi connectivity index (χ1v) is 18.2. The number of methoxy groups -OCH3 is 2. The van der Waals surface area contributed by atoms with E-state index in [2.05, 4.69) is 35.9 Å². The van der Waals surface area contributed by atoms with Gasteiger partial charge in [0.05, 0.1) is 42.2 Å². The second kappa shape index (κ2) is 16.9. The van der Waals surface area contributed by atoms with Crippen LogP contribution in [0.2, 0.25) is 0 Å². The van der Waals surface area contributed by atoms with Crippen molar-refractivity contribution in [2.75, 3.05) is 68.3 Å². The van der Waals surface area contributed by atoms with E-state index in [-0.39, 0.29) is 69.2 Å². The van der Waals surface area contributed by atoms with Crippen LogP contribution in [0.15, 0.2) is 48.8 Å². The van der Waals surface area contributed by atoms with E-state index in [1.54, 1.807) is 6.92 Å². The number of ether oxygens (including phenoxy) is 2. The number of nitrogens with two attached hydrogens (primary N) is 2. The third-order valence-corrected chi connectivity index (χ3v) is 10.4. The van der Waals surface area contributed by atoms with Gasteiger partial charge in [0.25, 0.3) is 0 Å². The van der Waals surface area contributed by atoms with Crippen molar-refractivity contribution in [2.24, 2.45) is 0 Å². The first-order valence-electron chi connectivity index (χ1n) is 16.6. The van der Waals surface area contributed by atoms with Gasteiger partial charge in [-0.05, 0) is 62.7 Å². The first kappa shape index (κ1) is 38.7. The predicted molar refractivity (Wildman–Crippen MR) is 194 cm³/mol. The lowest BCUT2D eigenvalue weighted by molar-refractivity contribution is 0.102. The molecule has 2 saturated heterocycles. The van der Waals surface area contributed by atoms with Crippen molar-refractivity contribution in [2.45, 2.75) is 31.8 Å². The van der Waals surface area contributed by atoms with Gasteiger partial charge in [0.2, 0.25) is 33.5 Å². The van der Waals surface area contributed by atoms with Crippen LogP contribution < -0.4 is 36.9 Å². The molecule has 2 aromatic heterocycles. The summed E-state index contributed by atoms with van der Waals surface area (Å²) in [7, 11) is -0.465. The molecule has 6 rings (SSSR count). The van der Waals surface area contributed by atoms with Crippen molar-refractivity contribution in [3.8, 4) is 11.5 Å². The van der Waals surface area contributed by atoms with Gasteiger partial charge in [0.1, 0.15) is 34.8 Å². The van der Waals surface area contributed by atoms with Crippen LogP contribution in [0, 0.1) is 11.6 Å². The SMILES string of the molecule is CCS(=O)(=O)N1CC[C@@H](Nc2ncc(C(=O)c3cc(F)ccc3OC)c(N)n2)C1.COc1ccc(F)cc1C(=O)c1cnc(N[C@@H]2CCNC2)nc1N. The van der Waals surface area contributed by atoms with Crippen LogP contribution in [0.1, 0.15) is 51.6 Å². The molecule has 19 heteroatoms. The van der Waals surface area contributed by atoms with Crippen LogP contribution in [-0.2, 0) is 10.0 Å². The number of anilines is 4. The number of ketones is 2. The number of carbonyl (C=O) groups is 2. The van der Waals surface area contributed by atoms with Gasteiger partial charge in [0, 0.05) is 44.1 Å². The van der Waals surface area contributed by atoms with Crippen LogP contribution in [0.5, 0.6) is 11.5 Å². The Morgan fingerprint density at radius 1 is 0.849 bits per heavy atom. The summed E-state index contributed by atoms with van der Waals surface area (Å²) in [6, 6.07) is 7.39. The fraction of sp³-hybridized carbons (Fsp3) is 0.353. The number of carbonyl (C=O) groups excluding carboxylic acids is 2. The summed E-state index contributed by atoms with van der Waals surface area (Å²) >= 11 is 0. The summed E-state index contributed by atoms with van der Waals surface area (Å²) in [5.41, 5.74) is 12.0. The second-order valence-electron chi connectivity index (χ2n) is 12.1. The van der Waals surface area contributed by atoms with E-state index < -0.39 is 33.2 Å². The van der Waals surface area contributed by atoms with Crippen LogP contribution in [0.3, 0.4) is 0 Å². The van der Waals surface area contributed by atoms with Crippen LogP contribution in [0.4, 0.5) is 32.3 Å². The van der Waals surface area contributed by atoms with E-state index in [0.29, 0.717) is 25.5 Å². The molecule has 2 fully saturated rings. The Morgan fingerprint density at radius 3 is 1.79 bits per heavy atom. The third-order valence-electron chi connectivity index (χ3n) is 8.57. The van der Waals surface area contributed by atoms with Crippen molar-refractivity contribution < 1.29 is 36.3 Å². The Morgan fingerprint density at radius 2 is 1.36 bits per heavy atom. The minimum atomic E-state index is -3.25. The highest BCUT2D eigenvalue weighted by Crippen LogP contribution is 2.26. The van der Waals surface area contributed by atoms with E-state index in [9.17, 15) is 26.8 Å². The molecule has 0 saturated carbocycles. The quantitative estimate of drug-likeness (QED) is 0.131. The Kier molecular flexibility index (Phi) is 12.3. The molecule has 0 radical (unpaired) electrons. The van der Waals surface area contributed by atoms with E-state index in [0.717, 1.165) is 31.6 Å². The maximum atomic E-state index is 13.6. The van der Waals surface area contributed by atoms with Crippen molar-refractivity contribution in [3.05, 3.63) is 82.7 Å². The molecule has 2 atom stereocenters. The topological polar surface area (TPSA) is 230 Å². The fourth-order valence-electron chi connectivity index (χ4n) is 5.71. The van der Waals surface area contributed by atoms with E-state index in [1.165, 1.54) is 55.2 Å². The third kappa shape index (κ3) is 9.29. The molecule has 0 amide bonds. The Hall–Kier alpha value is -5.53. The number of nitrogen functional groups attached to an aromatic ring is 2. The van der Waals surface area contributed by atoms with Gasteiger partial charge in [-0.2, -0.15) is 14.3 Å². The van der Waals surface area contributed by atoms with Gasteiger partial charge in [-0.15, -0.1) is 0 Å². The Labute approximate surface area is 304 Å². The second-order valence-corrected chi connectivity index (χ2v) is 14.3. The molecule has 2 aliphatic rings. The number of nitrogens with one attached hydrogen (secondary N) is 3. The molecule has 0 aliphatic carbocycles. The summed E-state index contributed by atoms with van der Waals surface area (Å²) in [6.07, 6.45) is 4.17. The first-order chi connectivity index (χ1) is 25.3. The van der Waals surface area contributed by atoms with Gasteiger partial charge in [-0.25, -0.2) is 27.2 Å². The number of benzene rings is 2. The number of hydrogen-bond donors (Lipinski definition) is 5. The minimum absolute atomic E-state index is 0.0136. The van der Waals surface area contributed by atoms with E-state index >= 15 is 0 Å². The summed E-state index contributed by atoms with van der Waals surface area (Å²) in [4.78, 5) is 41.8. The molecule has 0 bridgehead atoms. The average molecular weight is 755 g/mol. The number of nitrogens with zero attached hydrogens (tertiary/aromatic N) is 5. The molecule has 7 N–H and O–H groups in total. The van der Waals surface area contributed by atoms with E-state index in [4.69, 9.17) is 20.9 Å². The molecule has 53 heavy (non-hydrogen) atoms. The summed E-state index contributed by atoms with van der Waals surface area (Å²) < 4.78 is 62.6. The van der Waals surface area contributed by atoms with Crippen molar-refractivity contribution in [3.63, 3.8) is 0 Å². The lowest BCUT2D eigenvalue weighted by Crippen LogP contribution is -2.33. The van der Waals surface area contributed by atoms with Crippen molar-refractivity contribution in [1.82, 2.24) is 29.6 Å². The van der Waals surface area contributed by atoms with Crippen LogP contribution in [-0.4, -0.2) is 102 Å². The smallest absolute Gasteiger partial charge is 0.224 e. The molecule has 2 aliphatic heterocycles. The molecule has 2 aromatic carbocycles. The fourth-order valence-corrected chi connectivity index (χ4v) is 6.86. The zero-order chi connectivity index (χ0) is 38.3. The highest BCUT2D eigenvalue weighted by atomic mass is 32.2. The maximum Gasteiger partial charge on any atom is 0.224 e. The zero-order valence-electron chi connectivity index (χ0n) is 29.2.